The highest BCUT2D eigenvalue weighted by molar-refractivity contribution is 9.10. The summed E-state index contributed by atoms with van der Waals surface area (Å²) in [6.07, 6.45) is 0.526. The van der Waals surface area contributed by atoms with Crippen molar-refractivity contribution in [3.8, 4) is 5.75 Å². The minimum Gasteiger partial charge on any atom is -0.507 e. The lowest BCUT2D eigenvalue weighted by Crippen LogP contribution is -2.13. The highest BCUT2D eigenvalue weighted by atomic mass is 79.9. The number of hydrogen-bond acceptors (Lipinski definition) is 3. The monoisotopic (exact) mass is 259 g/mol. The summed E-state index contributed by atoms with van der Waals surface area (Å²) in [4.78, 5) is 0. The van der Waals surface area contributed by atoms with Crippen molar-refractivity contribution in [1.29, 1.82) is 0 Å². The maximum absolute atomic E-state index is 9.40. The zero-order valence-corrected chi connectivity index (χ0v) is 9.58. The quantitative estimate of drug-likeness (QED) is 0.776. The van der Waals surface area contributed by atoms with E-state index >= 15 is 0 Å². The molecule has 0 aromatic heterocycles. The van der Waals surface area contributed by atoms with Gasteiger partial charge in [-0.05, 0) is 46.5 Å². The number of aliphatic hydroxyl groups excluding tert-OH is 1. The Morgan fingerprint density at radius 1 is 1.50 bits per heavy atom. The Morgan fingerprint density at radius 3 is 2.71 bits per heavy atom. The minimum atomic E-state index is -0.183. The van der Waals surface area contributed by atoms with E-state index in [4.69, 9.17) is 10.8 Å². The summed E-state index contributed by atoms with van der Waals surface area (Å²) in [7, 11) is 0. The van der Waals surface area contributed by atoms with Crippen LogP contribution < -0.4 is 5.73 Å². The van der Waals surface area contributed by atoms with Gasteiger partial charge in [0.15, 0.2) is 0 Å². The third-order valence-electron chi connectivity index (χ3n) is 2.25. The van der Waals surface area contributed by atoms with Gasteiger partial charge in [0.2, 0.25) is 0 Å². The molecular formula is C10H14BrNO2. The highest BCUT2D eigenvalue weighted by Gasteiger charge is 2.12. The van der Waals surface area contributed by atoms with Gasteiger partial charge in [-0.15, -0.1) is 0 Å². The van der Waals surface area contributed by atoms with Gasteiger partial charge < -0.3 is 15.9 Å². The maximum atomic E-state index is 9.40. The SMILES string of the molecule is Cc1c(C(N)CCO)ccc(O)c1Br. The van der Waals surface area contributed by atoms with E-state index < -0.39 is 0 Å². The Morgan fingerprint density at radius 2 is 2.14 bits per heavy atom. The van der Waals surface area contributed by atoms with Crippen LogP contribution in [-0.4, -0.2) is 16.8 Å². The van der Waals surface area contributed by atoms with E-state index in [1.54, 1.807) is 12.1 Å². The molecule has 0 radical (unpaired) electrons. The highest BCUT2D eigenvalue weighted by Crippen LogP contribution is 2.32. The average molecular weight is 260 g/mol. The van der Waals surface area contributed by atoms with E-state index in [-0.39, 0.29) is 18.4 Å². The fourth-order valence-electron chi connectivity index (χ4n) is 1.38. The molecule has 3 nitrogen and oxygen atoms in total. The van der Waals surface area contributed by atoms with Crippen molar-refractivity contribution in [2.75, 3.05) is 6.61 Å². The number of nitrogens with two attached hydrogens (primary N) is 1. The second-order valence-corrected chi connectivity index (χ2v) is 4.02. The van der Waals surface area contributed by atoms with Gasteiger partial charge in [-0.25, -0.2) is 0 Å². The molecule has 4 N–H and O–H groups in total. The Balaban J connectivity index is 3.04. The molecule has 0 aliphatic carbocycles. The van der Waals surface area contributed by atoms with Crippen molar-refractivity contribution >= 4 is 15.9 Å². The van der Waals surface area contributed by atoms with Crippen molar-refractivity contribution < 1.29 is 10.2 Å². The minimum absolute atomic E-state index is 0.0686. The molecule has 0 fully saturated rings. The molecule has 0 heterocycles. The Bertz CT molecular complexity index is 328. The molecule has 1 rings (SSSR count). The number of aliphatic hydroxyl groups is 1. The van der Waals surface area contributed by atoms with Crippen LogP contribution in [0.25, 0.3) is 0 Å². The lowest BCUT2D eigenvalue weighted by molar-refractivity contribution is 0.276. The Kier molecular flexibility index (Phi) is 3.92. The second kappa shape index (κ2) is 4.77. The van der Waals surface area contributed by atoms with Gasteiger partial charge in [0, 0.05) is 12.6 Å². The smallest absolute Gasteiger partial charge is 0.130 e. The number of hydrogen-bond donors (Lipinski definition) is 3. The van der Waals surface area contributed by atoms with Crippen molar-refractivity contribution in [3.63, 3.8) is 0 Å². The van der Waals surface area contributed by atoms with E-state index in [0.29, 0.717) is 10.9 Å². The first-order valence-electron chi connectivity index (χ1n) is 4.42. The third-order valence-corrected chi connectivity index (χ3v) is 3.25. The molecule has 1 unspecified atom stereocenters. The van der Waals surface area contributed by atoms with Gasteiger partial charge in [-0.3, -0.25) is 0 Å². The third kappa shape index (κ3) is 2.26. The summed E-state index contributed by atoms with van der Waals surface area (Å²) < 4.78 is 0.670. The standard InChI is InChI=1S/C10H14BrNO2/c1-6-7(8(12)4-5-13)2-3-9(14)10(6)11/h2-3,8,13-14H,4-5,12H2,1H3. The summed E-state index contributed by atoms with van der Waals surface area (Å²) in [6, 6.07) is 3.20. The van der Waals surface area contributed by atoms with Crippen LogP contribution in [0, 0.1) is 6.92 Å². The summed E-state index contributed by atoms with van der Waals surface area (Å²) in [5.41, 5.74) is 7.73. The van der Waals surface area contributed by atoms with Crippen LogP contribution in [0.4, 0.5) is 0 Å². The number of phenolic OH excluding ortho intramolecular Hbond substituents is 1. The number of benzene rings is 1. The van der Waals surface area contributed by atoms with Crippen LogP contribution in [0.15, 0.2) is 16.6 Å². The van der Waals surface area contributed by atoms with E-state index in [0.717, 1.165) is 11.1 Å². The normalized spacial score (nSPS) is 12.9. The van der Waals surface area contributed by atoms with Crippen LogP contribution >= 0.6 is 15.9 Å². The number of halogens is 1. The summed E-state index contributed by atoms with van der Waals surface area (Å²) in [5.74, 6) is 0.211. The number of phenols is 1. The molecule has 0 amide bonds. The first-order chi connectivity index (χ1) is 6.57. The van der Waals surface area contributed by atoms with Crippen molar-refractivity contribution in [2.24, 2.45) is 5.73 Å². The van der Waals surface area contributed by atoms with E-state index in [2.05, 4.69) is 15.9 Å². The average Bonchev–Trinajstić information content (AvgIpc) is 2.15. The first-order valence-corrected chi connectivity index (χ1v) is 5.21. The van der Waals surface area contributed by atoms with Gasteiger partial charge in [0.1, 0.15) is 5.75 Å². The summed E-state index contributed by atoms with van der Waals surface area (Å²) >= 11 is 3.28. The molecule has 0 aliphatic rings. The largest absolute Gasteiger partial charge is 0.507 e. The molecule has 0 saturated heterocycles. The Labute approximate surface area is 91.7 Å². The summed E-state index contributed by atoms with van der Waals surface area (Å²) in [6.45, 7) is 1.95. The molecule has 0 saturated carbocycles. The summed E-state index contributed by atoms with van der Waals surface area (Å²) in [5, 5.41) is 18.2. The van der Waals surface area contributed by atoms with Crippen molar-refractivity contribution in [1.82, 2.24) is 0 Å². The molecule has 0 spiro atoms. The molecule has 4 heteroatoms. The Hall–Kier alpha value is -0.580. The lowest BCUT2D eigenvalue weighted by atomic mass is 9.99. The van der Waals surface area contributed by atoms with Crippen molar-refractivity contribution in [3.05, 3.63) is 27.7 Å². The topological polar surface area (TPSA) is 66.5 Å². The fraction of sp³-hybridized carbons (Fsp3) is 0.400. The van der Waals surface area contributed by atoms with E-state index in [1.165, 1.54) is 0 Å². The van der Waals surface area contributed by atoms with Gasteiger partial charge in [-0.1, -0.05) is 6.07 Å². The van der Waals surface area contributed by atoms with Crippen LogP contribution in [0.2, 0.25) is 0 Å². The number of rotatable bonds is 3. The van der Waals surface area contributed by atoms with E-state index in [1.807, 2.05) is 6.92 Å². The first kappa shape index (κ1) is 11.5. The van der Waals surface area contributed by atoms with Gasteiger partial charge in [0.25, 0.3) is 0 Å². The second-order valence-electron chi connectivity index (χ2n) is 3.23. The fourth-order valence-corrected chi connectivity index (χ4v) is 1.74. The predicted molar refractivity (Wildman–Crippen MR) is 59.2 cm³/mol. The maximum Gasteiger partial charge on any atom is 0.130 e. The van der Waals surface area contributed by atoms with E-state index in [9.17, 15) is 5.11 Å². The van der Waals surface area contributed by atoms with Crippen LogP contribution in [-0.2, 0) is 0 Å². The molecular weight excluding hydrogens is 246 g/mol. The van der Waals surface area contributed by atoms with Crippen LogP contribution in [0.3, 0.4) is 0 Å². The molecule has 1 aromatic rings. The molecule has 1 aromatic carbocycles. The molecule has 1 atom stereocenters. The number of aromatic hydroxyl groups is 1. The van der Waals surface area contributed by atoms with Gasteiger partial charge >= 0.3 is 0 Å². The molecule has 0 aliphatic heterocycles. The van der Waals surface area contributed by atoms with Crippen LogP contribution in [0.1, 0.15) is 23.6 Å². The predicted octanol–water partition coefficient (Wildman–Crippen LogP) is 1.85. The zero-order valence-electron chi connectivity index (χ0n) is 8.00. The van der Waals surface area contributed by atoms with Crippen molar-refractivity contribution in [2.45, 2.75) is 19.4 Å². The van der Waals surface area contributed by atoms with Gasteiger partial charge in [0.05, 0.1) is 4.47 Å². The van der Waals surface area contributed by atoms with Gasteiger partial charge in [-0.2, -0.15) is 0 Å². The zero-order chi connectivity index (χ0) is 10.7. The molecule has 78 valence electrons. The molecule has 0 bridgehead atoms. The lowest BCUT2D eigenvalue weighted by Gasteiger charge is -2.15. The molecule has 14 heavy (non-hydrogen) atoms. The van der Waals surface area contributed by atoms with Crippen LogP contribution in [0.5, 0.6) is 5.75 Å².